The van der Waals surface area contributed by atoms with E-state index in [2.05, 4.69) is 20.9 Å². The Hall–Kier alpha value is -1.41. The van der Waals surface area contributed by atoms with Crippen molar-refractivity contribution in [3.8, 4) is 0 Å². The fourth-order valence-electron chi connectivity index (χ4n) is 1.22. The van der Waals surface area contributed by atoms with Crippen molar-refractivity contribution in [2.45, 2.75) is 0 Å². The highest BCUT2D eigenvalue weighted by molar-refractivity contribution is 9.10. The molecule has 0 aromatic heterocycles. The Bertz CT molecular complexity index is 446. The molecule has 0 aliphatic carbocycles. The number of aliphatic imine (C=N–C) groups is 1. The quantitative estimate of drug-likeness (QED) is 0.717. The highest BCUT2D eigenvalue weighted by Crippen LogP contribution is 2.16. The molecule has 1 nitrogen and oxygen atoms in total. The van der Waals surface area contributed by atoms with Crippen LogP contribution in [0.2, 0.25) is 0 Å². The highest BCUT2D eigenvalue weighted by atomic mass is 79.9. The second kappa shape index (κ2) is 4.89. The number of nitrogens with zero attached hydrogens (tertiary/aromatic N) is 1. The summed E-state index contributed by atoms with van der Waals surface area (Å²) < 4.78 is 1.07. The smallest absolute Gasteiger partial charge is 0.0630 e. The van der Waals surface area contributed by atoms with Crippen LogP contribution in [0.25, 0.3) is 0 Å². The minimum Gasteiger partial charge on any atom is -0.256 e. The van der Waals surface area contributed by atoms with Crippen molar-refractivity contribution in [2.24, 2.45) is 4.99 Å². The molecule has 74 valence electrons. The molecular formula is C13H10BrN. The van der Waals surface area contributed by atoms with Gasteiger partial charge < -0.3 is 0 Å². The average molecular weight is 260 g/mol. The molecule has 0 fully saturated rings. The lowest BCUT2D eigenvalue weighted by Gasteiger charge is -1.94. The van der Waals surface area contributed by atoms with Crippen LogP contribution in [0.15, 0.2) is 64.1 Å². The van der Waals surface area contributed by atoms with Crippen LogP contribution in [-0.4, -0.2) is 6.21 Å². The van der Waals surface area contributed by atoms with Gasteiger partial charge in [0.15, 0.2) is 0 Å². The fraction of sp³-hybridized carbons (Fsp3) is 0. The van der Waals surface area contributed by atoms with Crippen LogP contribution in [0.3, 0.4) is 0 Å². The summed E-state index contributed by atoms with van der Waals surface area (Å²) in [4.78, 5) is 4.37. The largest absolute Gasteiger partial charge is 0.256 e. The van der Waals surface area contributed by atoms with Crippen LogP contribution in [0.1, 0.15) is 5.56 Å². The van der Waals surface area contributed by atoms with Crippen LogP contribution in [0.5, 0.6) is 0 Å². The standard InChI is InChI=1S/C13H10BrN/c14-12-6-8-13(9-7-12)15-10-11-4-2-1-3-5-11/h1-10H. The second-order valence-electron chi connectivity index (χ2n) is 3.15. The van der Waals surface area contributed by atoms with Gasteiger partial charge in [-0.25, -0.2) is 0 Å². The van der Waals surface area contributed by atoms with Gasteiger partial charge in [0.25, 0.3) is 0 Å². The third kappa shape index (κ3) is 3.03. The zero-order valence-electron chi connectivity index (χ0n) is 8.10. The van der Waals surface area contributed by atoms with Crippen molar-refractivity contribution in [3.05, 3.63) is 64.6 Å². The van der Waals surface area contributed by atoms with E-state index in [1.165, 1.54) is 0 Å². The Kier molecular flexibility index (Phi) is 3.30. The molecule has 0 atom stereocenters. The summed E-state index contributed by atoms with van der Waals surface area (Å²) in [6, 6.07) is 18.0. The van der Waals surface area contributed by atoms with Gasteiger partial charge in [0.2, 0.25) is 0 Å². The molecule has 0 spiro atoms. The molecule has 0 saturated carbocycles. The van der Waals surface area contributed by atoms with Gasteiger partial charge in [-0.1, -0.05) is 46.3 Å². The van der Waals surface area contributed by atoms with Crippen molar-refractivity contribution >= 4 is 27.8 Å². The molecule has 0 bridgehead atoms. The maximum Gasteiger partial charge on any atom is 0.0630 e. The molecule has 2 aromatic carbocycles. The molecule has 0 unspecified atom stereocenters. The first kappa shape index (κ1) is 10.1. The van der Waals surface area contributed by atoms with E-state index in [0.29, 0.717) is 0 Å². The van der Waals surface area contributed by atoms with Gasteiger partial charge in [-0.15, -0.1) is 0 Å². The number of benzene rings is 2. The highest BCUT2D eigenvalue weighted by Gasteiger charge is 1.88. The molecule has 0 N–H and O–H groups in total. The lowest BCUT2D eigenvalue weighted by Crippen LogP contribution is -1.77. The number of hydrogen-bond donors (Lipinski definition) is 0. The van der Waals surface area contributed by atoms with E-state index in [9.17, 15) is 0 Å². The first-order chi connectivity index (χ1) is 7.34. The molecule has 0 aliphatic heterocycles. The van der Waals surface area contributed by atoms with Crippen molar-refractivity contribution in [1.29, 1.82) is 0 Å². The summed E-state index contributed by atoms with van der Waals surface area (Å²) in [5.41, 5.74) is 2.07. The van der Waals surface area contributed by atoms with E-state index >= 15 is 0 Å². The third-order valence-electron chi connectivity index (χ3n) is 1.99. The van der Waals surface area contributed by atoms with Gasteiger partial charge in [-0.2, -0.15) is 0 Å². The van der Waals surface area contributed by atoms with Crippen molar-refractivity contribution in [2.75, 3.05) is 0 Å². The summed E-state index contributed by atoms with van der Waals surface area (Å²) in [5.74, 6) is 0. The van der Waals surface area contributed by atoms with E-state index in [1.54, 1.807) is 0 Å². The lowest BCUT2D eigenvalue weighted by atomic mass is 10.2. The number of hydrogen-bond acceptors (Lipinski definition) is 1. The minimum atomic E-state index is 0.960. The summed E-state index contributed by atoms with van der Waals surface area (Å²) in [6.07, 6.45) is 1.86. The van der Waals surface area contributed by atoms with Gasteiger partial charge in [0.05, 0.1) is 5.69 Å². The van der Waals surface area contributed by atoms with Crippen LogP contribution in [0, 0.1) is 0 Å². The molecule has 0 radical (unpaired) electrons. The lowest BCUT2D eigenvalue weighted by molar-refractivity contribution is 1.51. The van der Waals surface area contributed by atoms with Crippen molar-refractivity contribution in [3.63, 3.8) is 0 Å². The summed E-state index contributed by atoms with van der Waals surface area (Å²) in [6.45, 7) is 0. The molecule has 2 aromatic rings. The van der Waals surface area contributed by atoms with Gasteiger partial charge in [0.1, 0.15) is 0 Å². The molecule has 2 rings (SSSR count). The van der Waals surface area contributed by atoms with E-state index in [0.717, 1.165) is 15.7 Å². The molecular weight excluding hydrogens is 250 g/mol. The SMILES string of the molecule is Brc1ccc(N=Cc2ccccc2)cc1. The molecule has 0 heterocycles. The maximum absolute atomic E-state index is 4.37. The van der Waals surface area contributed by atoms with Gasteiger partial charge in [-0.05, 0) is 29.8 Å². The maximum atomic E-state index is 4.37. The molecule has 0 aliphatic rings. The first-order valence-corrected chi connectivity index (χ1v) is 5.48. The van der Waals surface area contributed by atoms with E-state index < -0.39 is 0 Å². The zero-order chi connectivity index (χ0) is 10.5. The molecule has 0 amide bonds. The summed E-state index contributed by atoms with van der Waals surface area (Å²) >= 11 is 3.39. The fourth-order valence-corrected chi connectivity index (χ4v) is 1.48. The van der Waals surface area contributed by atoms with Gasteiger partial charge in [0, 0.05) is 10.7 Å². The topological polar surface area (TPSA) is 12.4 Å². The van der Waals surface area contributed by atoms with E-state index in [4.69, 9.17) is 0 Å². The molecule has 2 heteroatoms. The molecule has 15 heavy (non-hydrogen) atoms. The van der Waals surface area contributed by atoms with Crippen LogP contribution < -0.4 is 0 Å². The minimum absolute atomic E-state index is 0.960. The van der Waals surface area contributed by atoms with Crippen LogP contribution in [-0.2, 0) is 0 Å². The third-order valence-corrected chi connectivity index (χ3v) is 2.52. The van der Waals surface area contributed by atoms with Gasteiger partial charge >= 0.3 is 0 Å². The van der Waals surface area contributed by atoms with E-state index in [1.807, 2.05) is 60.8 Å². The first-order valence-electron chi connectivity index (χ1n) is 4.69. The predicted molar refractivity (Wildman–Crippen MR) is 67.8 cm³/mol. The second-order valence-corrected chi connectivity index (χ2v) is 4.06. The van der Waals surface area contributed by atoms with E-state index in [-0.39, 0.29) is 0 Å². The monoisotopic (exact) mass is 259 g/mol. The van der Waals surface area contributed by atoms with Crippen molar-refractivity contribution in [1.82, 2.24) is 0 Å². The number of rotatable bonds is 2. The van der Waals surface area contributed by atoms with Crippen LogP contribution in [0.4, 0.5) is 5.69 Å². The Labute approximate surface area is 97.6 Å². The average Bonchev–Trinajstić information content (AvgIpc) is 2.30. The normalized spacial score (nSPS) is 10.7. The zero-order valence-corrected chi connectivity index (χ0v) is 9.68. The Morgan fingerprint density at radius 3 is 2.20 bits per heavy atom. The Balaban J connectivity index is 2.15. The molecule has 0 saturated heterocycles. The van der Waals surface area contributed by atoms with Gasteiger partial charge in [-0.3, -0.25) is 4.99 Å². The van der Waals surface area contributed by atoms with Crippen molar-refractivity contribution < 1.29 is 0 Å². The Morgan fingerprint density at radius 2 is 1.53 bits per heavy atom. The van der Waals surface area contributed by atoms with Crippen LogP contribution >= 0.6 is 15.9 Å². The number of halogens is 1. The summed E-state index contributed by atoms with van der Waals surface area (Å²) in [7, 11) is 0. The predicted octanol–water partition coefficient (Wildman–Crippen LogP) is 4.20. The Morgan fingerprint density at radius 1 is 0.867 bits per heavy atom. The summed E-state index contributed by atoms with van der Waals surface area (Å²) in [5, 5.41) is 0.